The fraction of sp³-hybridized carbons (Fsp3) is 0.379. The number of aromatic nitrogens is 3. The molecule has 0 atom stereocenters. The molecule has 9 nitrogen and oxygen atoms in total. The van der Waals surface area contributed by atoms with Crippen LogP contribution in [0.15, 0.2) is 41.3 Å². The molecular formula is C29H31N5O4. The van der Waals surface area contributed by atoms with E-state index in [0.717, 1.165) is 40.9 Å². The van der Waals surface area contributed by atoms with Crippen molar-refractivity contribution < 1.29 is 14.3 Å². The number of imidazole rings is 1. The monoisotopic (exact) mass is 513 g/mol. The molecule has 2 aliphatic rings. The lowest BCUT2D eigenvalue weighted by Gasteiger charge is -2.31. The molecule has 1 N–H and O–H groups in total. The van der Waals surface area contributed by atoms with Gasteiger partial charge in [-0.3, -0.25) is 18.8 Å². The van der Waals surface area contributed by atoms with Crippen LogP contribution in [0.4, 0.5) is 0 Å². The third-order valence-corrected chi connectivity index (χ3v) is 7.87. The highest BCUT2D eigenvalue weighted by Gasteiger charge is 2.28. The first-order valence-electron chi connectivity index (χ1n) is 13.1. The molecule has 0 unspecified atom stereocenters. The molecule has 0 bridgehead atoms. The van der Waals surface area contributed by atoms with E-state index in [4.69, 9.17) is 4.74 Å². The van der Waals surface area contributed by atoms with E-state index < -0.39 is 0 Å². The van der Waals surface area contributed by atoms with Gasteiger partial charge < -0.3 is 19.5 Å². The fourth-order valence-electron chi connectivity index (χ4n) is 5.78. The fourth-order valence-corrected chi connectivity index (χ4v) is 5.78. The lowest BCUT2D eigenvalue weighted by molar-refractivity contribution is 0.0726. The Kier molecular flexibility index (Phi) is 6.03. The normalized spacial score (nSPS) is 16.1. The molecule has 1 fully saturated rings. The summed E-state index contributed by atoms with van der Waals surface area (Å²) in [6, 6.07) is 9.51. The summed E-state index contributed by atoms with van der Waals surface area (Å²) < 4.78 is 7.47. The molecule has 0 aliphatic carbocycles. The number of benzene rings is 2. The van der Waals surface area contributed by atoms with Crippen LogP contribution < -0.4 is 5.56 Å². The maximum Gasteiger partial charge on any atom is 0.274 e. The lowest BCUT2D eigenvalue weighted by Crippen LogP contribution is -2.37. The van der Waals surface area contributed by atoms with E-state index in [9.17, 15) is 14.4 Å². The van der Waals surface area contributed by atoms with Crippen LogP contribution in [-0.2, 0) is 17.7 Å². The minimum absolute atomic E-state index is 0.0692. The van der Waals surface area contributed by atoms with Crippen LogP contribution in [0.25, 0.3) is 16.6 Å². The number of fused-ring (bicyclic) bond motifs is 4. The first-order chi connectivity index (χ1) is 18.3. The van der Waals surface area contributed by atoms with Crippen molar-refractivity contribution in [1.29, 1.82) is 0 Å². The van der Waals surface area contributed by atoms with Crippen molar-refractivity contribution in [3.05, 3.63) is 80.5 Å². The number of ether oxygens (including phenoxy) is 1. The molecule has 4 aromatic rings. The van der Waals surface area contributed by atoms with Crippen molar-refractivity contribution in [2.24, 2.45) is 0 Å². The van der Waals surface area contributed by atoms with Crippen molar-refractivity contribution in [3.63, 3.8) is 0 Å². The van der Waals surface area contributed by atoms with E-state index in [1.54, 1.807) is 36.2 Å². The Hall–Kier alpha value is -3.98. The van der Waals surface area contributed by atoms with Gasteiger partial charge >= 0.3 is 0 Å². The second-order valence-corrected chi connectivity index (χ2v) is 10.5. The lowest BCUT2D eigenvalue weighted by atomic mass is 9.93. The minimum atomic E-state index is -0.232. The molecule has 6 rings (SSSR count). The number of nitrogens with zero attached hydrogens (tertiary/aromatic N) is 4. The number of hydrogen-bond donors (Lipinski definition) is 1. The Morgan fingerprint density at radius 1 is 1.11 bits per heavy atom. The summed E-state index contributed by atoms with van der Waals surface area (Å²) >= 11 is 0. The summed E-state index contributed by atoms with van der Waals surface area (Å²) in [6.45, 7) is 4.21. The second kappa shape index (κ2) is 9.40. The molecule has 0 saturated carbocycles. The maximum atomic E-state index is 13.8. The molecule has 2 aliphatic heterocycles. The average molecular weight is 514 g/mol. The molecule has 38 heavy (non-hydrogen) atoms. The average Bonchev–Trinajstić information content (AvgIpc) is 3.38. The van der Waals surface area contributed by atoms with Crippen molar-refractivity contribution in [1.82, 2.24) is 24.2 Å². The Bertz CT molecular complexity index is 1640. The van der Waals surface area contributed by atoms with Crippen LogP contribution in [0.3, 0.4) is 0 Å². The van der Waals surface area contributed by atoms with E-state index in [2.05, 4.69) is 9.97 Å². The van der Waals surface area contributed by atoms with Crippen molar-refractivity contribution in [2.45, 2.75) is 38.6 Å². The highest BCUT2D eigenvalue weighted by Crippen LogP contribution is 2.30. The molecule has 2 amide bonds. The minimum Gasteiger partial charge on any atom is -0.381 e. The Balaban J connectivity index is 1.39. The van der Waals surface area contributed by atoms with Crippen LogP contribution in [0, 0.1) is 6.92 Å². The van der Waals surface area contributed by atoms with E-state index in [1.807, 2.05) is 35.6 Å². The summed E-state index contributed by atoms with van der Waals surface area (Å²) in [4.78, 5) is 50.5. The quantitative estimate of drug-likeness (QED) is 0.453. The zero-order valence-electron chi connectivity index (χ0n) is 21.9. The SMILES string of the molecule is Cc1cc2c(cc1C(=O)N1CCc3cccc(C(=O)N(C)C)c3C1)[nH]c(=O)c1cnc(C3CCOCC3)n12. The van der Waals surface area contributed by atoms with Gasteiger partial charge in [0.1, 0.15) is 11.3 Å². The number of aromatic amines is 1. The summed E-state index contributed by atoms with van der Waals surface area (Å²) in [7, 11) is 3.47. The van der Waals surface area contributed by atoms with Gasteiger partial charge in [0.15, 0.2) is 0 Å². The number of rotatable bonds is 3. The van der Waals surface area contributed by atoms with Gasteiger partial charge in [0.25, 0.3) is 17.4 Å². The third-order valence-electron chi connectivity index (χ3n) is 7.87. The molecule has 2 aromatic heterocycles. The number of carbonyl (C=O) groups is 2. The highest BCUT2D eigenvalue weighted by atomic mass is 16.5. The Labute approximate surface area is 220 Å². The van der Waals surface area contributed by atoms with Gasteiger partial charge in [-0.05, 0) is 61.1 Å². The predicted molar refractivity (Wildman–Crippen MR) is 144 cm³/mol. The number of nitrogens with one attached hydrogen (secondary N) is 1. The summed E-state index contributed by atoms with van der Waals surface area (Å²) in [5.74, 6) is 0.896. The standard InChI is InChI=1S/C29H31N5O4/c1-17-13-24-23(31-27(35)25-15-30-26(34(24)25)19-8-11-38-12-9-19)14-21(17)29(37)33-10-7-18-5-4-6-20(22(18)16-33)28(36)32(2)3/h4-6,13-15,19H,7-12,16H2,1-3H3,(H,31,35). The Morgan fingerprint density at radius 2 is 1.89 bits per heavy atom. The molecule has 2 aromatic carbocycles. The third kappa shape index (κ3) is 3.98. The van der Waals surface area contributed by atoms with Crippen LogP contribution >= 0.6 is 0 Å². The maximum absolute atomic E-state index is 13.8. The van der Waals surface area contributed by atoms with Crippen LogP contribution in [0.1, 0.15) is 62.0 Å². The first-order valence-corrected chi connectivity index (χ1v) is 13.1. The van der Waals surface area contributed by atoms with Crippen molar-refractivity contribution in [3.8, 4) is 0 Å². The van der Waals surface area contributed by atoms with E-state index >= 15 is 0 Å². The molecule has 1 saturated heterocycles. The zero-order chi connectivity index (χ0) is 26.6. The van der Waals surface area contributed by atoms with E-state index in [-0.39, 0.29) is 23.3 Å². The molecular weight excluding hydrogens is 482 g/mol. The number of hydrogen-bond acceptors (Lipinski definition) is 5. The summed E-state index contributed by atoms with van der Waals surface area (Å²) in [5.41, 5.74) is 5.70. The van der Waals surface area contributed by atoms with Gasteiger partial charge in [0.2, 0.25) is 0 Å². The molecule has 0 spiro atoms. The van der Waals surface area contributed by atoms with Gasteiger partial charge in [-0.2, -0.15) is 0 Å². The largest absolute Gasteiger partial charge is 0.381 e. The molecule has 196 valence electrons. The van der Waals surface area contributed by atoms with Crippen molar-refractivity contribution >= 4 is 28.4 Å². The zero-order valence-corrected chi connectivity index (χ0v) is 21.9. The smallest absolute Gasteiger partial charge is 0.274 e. The highest BCUT2D eigenvalue weighted by molar-refractivity contribution is 6.00. The van der Waals surface area contributed by atoms with Gasteiger partial charge in [-0.1, -0.05) is 12.1 Å². The van der Waals surface area contributed by atoms with Gasteiger partial charge in [0.05, 0.1) is 17.2 Å². The number of H-pyrrole nitrogens is 1. The van der Waals surface area contributed by atoms with Crippen LogP contribution in [0.5, 0.6) is 0 Å². The topological polar surface area (TPSA) is 100 Å². The molecule has 4 heterocycles. The first kappa shape index (κ1) is 24.4. The Morgan fingerprint density at radius 3 is 2.66 bits per heavy atom. The summed E-state index contributed by atoms with van der Waals surface area (Å²) in [5, 5.41) is 0. The van der Waals surface area contributed by atoms with Crippen molar-refractivity contribution in [2.75, 3.05) is 33.9 Å². The van der Waals surface area contributed by atoms with E-state index in [1.165, 1.54) is 0 Å². The van der Waals surface area contributed by atoms with Gasteiger partial charge in [0, 0.05) is 57.4 Å². The predicted octanol–water partition coefficient (Wildman–Crippen LogP) is 3.28. The number of carbonyl (C=O) groups excluding carboxylic acids is 2. The molecule has 0 radical (unpaired) electrons. The van der Waals surface area contributed by atoms with Gasteiger partial charge in [-0.25, -0.2) is 4.98 Å². The van der Waals surface area contributed by atoms with Crippen LogP contribution in [-0.4, -0.2) is 69.8 Å². The van der Waals surface area contributed by atoms with Gasteiger partial charge in [-0.15, -0.1) is 0 Å². The number of amides is 2. The second-order valence-electron chi connectivity index (χ2n) is 10.5. The summed E-state index contributed by atoms with van der Waals surface area (Å²) in [6.07, 6.45) is 4.04. The van der Waals surface area contributed by atoms with Crippen LogP contribution in [0.2, 0.25) is 0 Å². The van der Waals surface area contributed by atoms with E-state index in [0.29, 0.717) is 54.9 Å². The number of aryl methyl sites for hydroxylation is 1. The molecule has 9 heteroatoms.